The van der Waals surface area contributed by atoms with Crippen LogP contribution in [-0.2, 0) is 0 Å². The Balaban J connectivity index is 1.75. The normalized spacial score (nSPS) is 13.6. The third kappa shape index (κ3) is 5.92. The van der Waals surface area contributed by atoms with Crippen molar-refractivity contribution in [3.63, 3.8) is 0 Å². The van der Waals surface area contributed by atoms with Gasteiger partial charge in [0, 0.05) is 0 Å². The van der Waals surface area contributed by atoms with Gasteiger partial charge in [-0.15, -0.1) is 0 Å². The Hall–Kier alpha value is -1.95. The summed E-state index contributed by atoms with van der Waals surface area (Å²) in [5.74, 6) is 0.409. The maximum Gasteiger partial charge on any atom is 0.137 e. The van der Waals surface area contributed by atoms with E-state index in [0.717, 1.165) is 38.5 Å². The van der Waals surface area contributed by atoms with Crippen LogP contribution in [0.1, 0.15) is 51.5 Å². The minimum Gasteiger partial charge on any atom is -0.494 e. The van der Waals surface area contributed by atoms with Gasteiger partial charge in [0.05, 0.1) is 18.8 Å². The SMILES string of the molecule is CCCCC(O)C(CCCCOc1ccc(F)cc1)n1cncn1. The molecule has 0 saturated heterocycles. The van der Waals surface area contributed by atoms with E-state index in [-0.39, 0.29) is 11.9 Å². The standard InChI is InChI=1S/C18H26FN3O2/c1-2-3-7-18(23)17(22-14-20-13-21-22)6-4-5-12-24-16-10-8-15(19)9-11-16/h8-11,13-14,17-18,23H,2-7,12H2,1H3. The molecule has 0 aliphatic carbocycles. The highest BCUT2D eigenvalue weighted by atomic mass is 19.1. The summed E-state index contributed by atoms with van der Waals surface area (Å²) in [7, 11) is 0. The molecule has 0 aliphatic heterocycles. The second-order valence-corrected chi connectivity index (χ2v) is 5.95. The van der Waals surface area contributed by atoms with Crippen molar-refractivity contribution in [3.05, 3.63) is 42.7 Å². The van der Waals surface area contributed by atoms with Crippen molar-refractivity contribution in [1.29, 1.82) is 0 Å². The number of aromatic nitrogens is 3. The monoisotopic (exact) mass is 335 g/mol. The number of hydrogen-bond acceptors (Lipinski definition) is 4. The third-order valence-electron chi connectivity index (χ3n) is 4.05. The Bertz CT molecular complexity index is 560. The Morgan fingerprint density at radius 2 is 1.96 bits per heavy atom. The van der Waals surface area contributed by atoms with Gasteiger partial charge >= 0.3 is 0 Å². The number of ether oxygens (including phenoxy) is 1. The van der Waals surface area contributed by atoms with Crippen LogP contribution in [0.15, 0.2) is 36.9 Å². The van der Waals surface area contributed by atoms with Gasteiger partial charge in [-0.1, -0.05) is 19.8 Å². The number of halogens is 1. The first kappa shape index (κ1) is 18.4. The lowest BCUT2D eigenvalue weighted by molar-refractivity contribution is 0.0878. The van der Waals surface area contributed by atoms with Crippen molar-refractivity contribution < 1.29 is 14.2 Å². The largest absolute Gasteiger partial charge is 0.494 e. The van der Waals surface area contributed by atoms with Gasteiger partial charge in [0.1, 0.15) is 24.2 Å². The van der Waals surface area contributed by atoms with Crippen LogP contribution in [0.25, 0.3) is 0 Å². The smallest absolute Gasteiger partial charge is 0.137 e. The predicted molar refractivity (Wildman–Crippen MR) is 90.3 cm³/mol. The van der Waals surface area contributed by atoms with Crippen molar-refractivity contribution >= 4 is 0 Å². The summed E-state index contributed by atoms with van der Waals surface area (Å²) < 4.78 is 20.2. The molecule has 0 bridgehead atoms. The fraction of sp³-hybridized carbons (Fsp3) is 0.556. The molecular weight excluding hydrogens is 309 g/mol. The summed E-state index contributed by atoms with van der Waals surface area (Å²) in [6.07, 6.45) is 8.18. The molecule has 1 aromatic carbocycles. The summed E-state index contributed by atoms with van der Waals surface area (Å²) in [5.41, 5.74) is 0. The summed E-state index contributed by atoms with van der Waals surface area (Å²) in [5, 5.41) is 14.6. The Morgan fingerprint density at radius 3 is 2.62 bits per heavy atom. The van der Waals surface area contributed by atoms with E-state index in [1.165, 1.54) is 18.5 Å². The van der Waals surface area contributed by atoms with Crippen molar-refractivity contribution in [2.45, 2.75) is 57.6 Å². The zero-order valence-electron chi connectivity index (χ0n) is 14.1. The molecule has 2 rings (SSSR count). The second-order valence-electron chi connectivity index (χ2n) is 5.95. The molecule has 0 spiro atoms. The first-order valence-electron chi connectivity index (χ1n) is 8.61. The summed E-state index contributed by atoms with van der Waals surface area (Å²) in [6, 6.07) is 5.98. The molecule has 1 heterocycles. The van der Waals surface area contributed by atoms with Crippen molar-refractivity contribution in [2.24, 2.45) is 0 Å². The van der Waals surface area contributed by atoms with Gasteiger partial charge in [-0.2, -0.15) is 5.10 Å². The lowest BCUT2D eigenvalue weighted by Gasteiger charge is -2.23. The third-order valence-corrected chi connectivity index (χ3v) is 4.05. The molecule has 5 nitrogen and oxygen atoms in total. The number of hydrogen-bond donors (Lipinski definition) is 1. The average molecular weight is 335 g/mol. The Labute approximate surface area is 142 Å². The van der Waals surface area contributed by atoms with Crippen LogP contribution in [-0.4, -0.2) is 32.6 Å². The minimum atomic E-state index is -0.412. The fourth-order valence-electron chi connectivity index (χ4n) is 2.67. The fourth-order valence-corrected chi connectivity index (χ4v) is 2.67. The molecule has 0 radical (unpaired) electrons. The molecule has 132 valence electrons. The number of benzene rings is 1. The highest BCUT2D eigenvalue weighted by Crippen LogP contribution is 2.22. The maximum atomic E-state index is 12.8. The molecule has 6 heteroatoms. The van der Waals surface area contributed by atoms with Gasteiger partial charge in [0.15, 0.2) is 0 Å². The number of aliphatic hydroxyl groups excluding tert-OH is 1. The average Bonchev–Trinajstić information content (AvgIpc) is 3.11. The number of nitrogens with zero attached hydrogens (tertiary/aromatic N) is 3. The topological polar surface area (TPSA) is 60.2 Å². The highest BCUT2D eigenvalue weighted by Gasteiger charge is 2.20. The first-order valence-corrected chi connectivity index (χ1v) is 8.61. The first-order chi connectivity index (χ1) is 11.7. The van der Waals surface area contributed by atoms with Gasteiger partial charge in [-0.25, -0.2) is 14.1 Å². The zero-order chi connectivity index (χ0) is 17.2. The van der Waals surface area contributed by atoms with E-state index in [1.807, 2.05) is 0 Å². The molecule has 1 N–H and O–H groups in total. The Morgan fingerprint density at radius 1 is 1.17 bits per heavy atom. The molecule has 0 saturated carbocycles. The van der Waals surface area contributed by atoms with Crippen LogP contribution in [0.2, 0.25) is 0 Å². The lowest BCUT2D eigenvalue weighted by atomic mass is 10.00. The molecule has 0 amide bonds. The van der Waals surface area contributed by atoms with Gasteiger partial charge in [-0.05, 0) is 49.9 Å². The van der Waals surface area contributed by atoms with E-state index in [9.17, 15) is 9.50 Å². The summed E-state index contributed by atoms with van der Waals surface area (Å²) in [4.78, 5) is 3.98. The minimum absolute atomic E-state index is 0.0510. The van der Waals surface area contributed by atoms with E-state index in [2.05, 4.69) is 17.0 Å². The van der Waals surface area contributed by atoms with Crippen molar-refractivity contribution in [2.75, 3.05) is 6.61 Å². The summed E-state index contributed by atoms with van der Waals surface area (Å²) in [6.45, 7) is 2.69. The van der Waals surface area contributed by atoms with Crippen molar-refractivity contribution in [3.8, 4) is 5.75 Å². The lowest BCUT2D eigenvalue weighted by Crippen LogP contribution is -2.25. The van der Waals surface area contributed by atoms with Gasteiger partial charge in [0.2, 0.25) is 0 Å². The van der Waals surface area contributed by atoms with E-state index in [4.69, 9.17) is 4.74 Å². The number of rotatable bonds is 11. The zero-order valence-corrected chi connectivity index (χ0v) is 14.1. The van der Waals surface area contributed by atoms with Gasteiger partial charge < -0.3 is 9.84 Å². The molecule has 2 aromatic rings. The van der Waals surface area contributed by atoms with E-state index >= 15 is 0 Å². The molecule has 1 aromatic heterocycles. The van der Waals surface area contributed by atoms with Gasteiger partial charge in [0.25, 0.3) is 0 Å². The van der Waals surface area contributed by atoms with Crippen LogP contribution >= 0.6 is 0 Å². The van der Waals surface area contributed by atoms with Crippen LogP contribution in [0, 0.1) is 5.82 Å². The van der Waals surface area contributed by atoms with Crippen LogP contribution in [0.4, 0.5) is 4.39 Å². The van der Waals surface area contributed by atoms with Crippen LogP contribution in [0.5, 0.6) is 5.75 Å². The Kier molecular flexibility index (Phi) is 7.68. The molecule has 2 atom stereocenters. The highest BCUT2D eigenvalue weighted by molar-refractivity contribution is 5.21. The second kappa shape index (κ2) is 10.0. The number of unbranched alkanes of at least 4 members (excludes halogenated alkanes) is 2. The van der Waals surface area contributed by atoms with E-state index in [0.29, 0.717) is 12.4 Å². The van der Waals surface area contributed by atoms with E-state index < -0.39 is 6.10 Å². The van der Waals surface area contributed by atoms with Crippen LogP contribution in [0.3, 0.4) is 0 Å². The summed E-state index contributed by atoms with van der Waals surface area (Å²) >= 11 is 0. The quantitative estimate of drug-likeness (QED) is 0.635. The maximum absolute atomic E-state index is 12.8. The molecule has 0 aliphatic rings. The van der Waals surface area contributed by atoms with Crippen LogP contribution < -0.4 is 4.74 Å². The molecule has 0 fully saturated rings. The molecule has 24 heavy (non-hydrogen) atoms. The van der Waals surface area contributed by atoms with Gasteiger partial charge in [-0.3, -0.25) is 0 Å². The van der Waals surface area contributed by atoms with E-state index in [1.54, 1.807) is 23.1 Å². The molecule has 2 unspecified atom stereocenters. The number of aliphatic hydroxyl groups is 1. The molecular formula is C18H26FN3O2. The van der Waals surface area contributed by atoms with Crippen molar-refractivity contribution in [1.82, 2.24) is 14.8 Å². The predicted octanol–water partition coefficient (Wildman–Crippen LogP) is 3.76.